The van der Waals surface area contributed by atoms with Crippen molar-refractivity contribution in [1.82, 2.24) is 10.7 Å². The van der Waals surface area contributed by atoms with E-state index >= 15 is 0 Å². The van der Waals surface area contributed by atoms with E-state index < -0.39 is 5.91 Å². The van der Waals surface area contributed by atoms with Crippen molar-refractivity contribution in [2.45, 2.75) is 12.8 Å². The van der Waals surface area contributed by atoms with Crippen molar-refractivity contribution < 1.29 is 23.9 Å². The minimum absolute atomic E-state index is 0.134. The summed E-state index contributed by atoms with van der Waals surface area (Å²) in [5, 5.41) is 6.75. The van der Waals surface area contributed by atoms with Gasteiger partial charge in [0.1, 0.15) is 0 Å². The van der Waals surface area contributed by atoms with E-state index in [1.54, 1.807) is 18.2 Å². The highest BCUT2D eigenvalue weighted by Gasteiger charge is 2.24. The number of anilines is 2. The quantitative estimate of drug-likeness (QED) is 0.565. The Hall–Kier alpha value is -3.43. The number of hydrazine groups is 1. The minimum atomic E-state index is -0.395. The summed E-state index contributed by atoms with van der Waals surface area (Å²) in [4.78, 5) is 48.1. The first kappa shape index (κ1) is 22.3. The second-order valence-corrected chi connectivity index (χ2v) is 7.12. The highest BCUT2D eigenvalue weighted by Crippen LogP contribution is 2.22. The number of hydrogen-bond acceptors (Lipinski definition) is 5. The molecule has 0 bridgehead atoms. The number of hydrogen-bond donors (Lipinski definition) is 3. The number of amides is 4. The third-order valence-corrected chi connectivity index (χ3v) is 4.82. The number of nitrogens with zero attached hydrogens (tertiary/aromatic N) is 1. The van der Waals surface area contributed by atoms with Crippen LogP contribution >= 0.6 is 11.6 Å². The maximum atomic E-state index is 12.5. The molecule has 1 fully saturated rings. The van der Waals surface area contributed by atoms with Gasteiger partial charge in [-0.3, -0.25) is 24.6 Å². The Morgan fingerprint density at radius 3 is 2.52 bits per heavy atom. The molecule has 0 spiro atoms. The molecular formula is C21H21ClN4O5. The smallest absolute Gasteiger partial charge is 0.255 e. The second-order valence-electron chi connectivity index (χ2n) is 6.71. The van der Waals surface area contributed by atoms with Crippen molar-refractivity contribution in [3.05, 3.63) is 58.6 Å². The highest BCUT2D eigenvalue weighted by atomic mass is 35.5. The van der Waals surface area contributed by atoms with E-state index in [4.69, 9.17) is 16.3 Å². The van der Waals surface area contributed by atoms with Crippen LogP contribution in [0.5, 0.6) is 0 Å². The average molecular weight is 445 g/mol. The topological polar surface area (TPSA) is 117 Å². The van der Waals surface area contributed by atoms with Gasteiger partial charge in [0.25, 0.3) is 11.8 Å². The van der Waals surface area contributed by atoms with Crippen LogP contribution in [-0.2, 0) is 14.3 Å². The number of carbonyl (C=O) groups excluding carboxylic acids is 4. The molecule has 1 aliphatic heterocycles. The van der Waals surface area contributed by atoms with Crippen molar-refractivity contribution in [3.63, 3.8) is 0 Å². The van der Waals surface area contributed by atoms with E-state index in [2.05, 4.69) is 16.1 Å². The summed E-state index contributed by atoms with van der Waals surface area (Å²) in [7, 11) is 1.54. The number of methoxy groups -OCH3 is 1. The number of carbonyl (C=O) groups is 4. The zero-order valence-electron chi connectivity index (χ0n) is 16.7. The van der Waals surface area contributed by atoms with Gasteiger partial charge in [-0.05, 0) is 42.5 Å². The molecule has 4 amide bonds. The van der Waals surface area contributed by atoms with Gasteiger partial charge in [0.05, 0.1) is 22.9 Å². The first-order chi connectivity index (χ1) is 14.9. The van der Waals surface area contributed by atoms with Crippen molar-refractivity contribution in [1.29, 1.82) is 0 Å². The van der Waals surface area contributed by atoms with Crippen LogP contribution in [-0.4, -0.2) is 43.9 Å². The predicted molar refractivity (Wildman–Crippen MR) is 115 cm³/mol. The van der Waals surface area contributed by atoms with Gasteiger partial charge in [0, 0.05) is 37.7 Å². The summed E-state index contributed by atoms with van der Waals surface area (Å²) in [6.07, 6.45) is 0.293. The Morgan fingerprint density at radius 2 is 1.84 bits per heavy atom. The van der Waals surface area contributed by atoms with Crippen molar-refractivity contribution in [3.8, 4) is 0 Å². The summed E-state index contributed by atoms with van der Waals surface area (Å²) in [6, 6.07) is 10.8. The molecule has 1 aliphatic rings. The van der Waals surface area contributed by atoms with Gasteiger partial charge >= 0.3 is 0 Å². The van der Waals surface area contributed by atoms with Gasteiger partial charge in [-0.1, -0.05) is 11.6 Å². The normalized spacial score (nSPS) is 13.5. The predicted octanol–water partition coefficient (Wildman–Crippen LogP) is 2.13. The van der Waals surface area contributed by atoms with Crippen LogP contribution < -0.4 is 21.1 Å². The lowest BCUT2D eigenvalue weighted by molar-refractivity contribution is -0.130. The molecule has 1 saturated heterocycles. The van der Waals surface area contributed by atoms with Crippen LogP contribution in [0.4, 0.5) is 11.4 Å². The molecule has 1 heterocycles. The zero-order valence-corrected chi connectivity index (χ0v) is 17.5. The van der Waals surface area contributed by atoms with Gasteiger partial charge in [-0.15, -0.1) is 0 Å². The first-order valence-electron chi connectivity index (χ1n) is 9.49. The molecule has 0 saturated carbocycles. The zero-order chi connectivity index (χ0) is 22.4. The van der Waals surface area contributed by atoms with Crippen LogP contribution in [0.1, 0.15) is 33.6 Å². The lowest BCUT2D eigenvalue weighted by Crippen LogP contribution is -2.50. The Kier molecular flexibility index (Phi) is 7.22. The Morgan fingerprint density at radius 1 is 1.10 bits per heavy atom. The van der Waals surface area contributed by atoms with E-state index in [1.165, 1.54) is 36.4 Å². The molecule has 3 rings (SSSR count). The Balaban J connectivity index is 1.64. The van der Waals surface area contributed by atoms with Gasteiger partial charge < -0.3 is 15.4 Å². The fourth-order valence-electron chi connectivity index (χ4n) is 2.89. The van der Waals surface area contributed by atoms with Gasteiger partial charge in [-0.2, -0.15) is 0 Å². The second kappa shape index (κ2) is 10.1. The molecule has 0 radical (unpaired) electrons. The number of benzene rings is 2. The largest absolute Gasteiger partial charge is 0.383 e. The Bertz CT molecular complexity index is 1010. The molecule has 10 heteroatoms. The number of nitrogens with one attached hydrogen (secondary N) is 3. The molecule has 31 heavy (non-hydrogen) atoms. The van der Waals surface area contributed by atoms with E-state index in [-0.39, 0.29) is 41.1 Å². The summed E-state index contributed by atoms with van der Waals surface area (Å²) >= 11 is 6.18. The molecule has 162 valence electrons. The van der Waals surface area contributed by atoms with Crippen molar-refractivity contribution in [2.24, 2.45) is 0 Å². The molecule has 0 unspecified atom stereocenters. The monoisotopic (exact) mass is 444 g/mol. The SMILES string of the molecule is COCCNC(=O)c1ccc(NC(=O)c2ccc(N3NC(=O)CCC3=O)cc2)cc1Cl. The standard InChI is InChI=1S/C21H21ClN4O5/c1-31-11-10-23-21(30)16-7-4-14(12-17(16)22)24-20(29)13-2-5-15(6-3-13)26-19(28)9-8-18(27)25-26/h2-7,12H,8-11H2,1H3,(H,23,30)(H,24,29)(H,25,27). The number of halogens is 1. The third-order valence-electron chi connectivity index (χ3n) is 4.50. The third kappa shape index (κ3) is 5.59. The average Bonchev–Trinajstić information content (AvgIpc) is 2.75. The molecule has 0 aromatic heterocycles. The van der Waals surface area contributed by atoms with Gasteiger partial charge in [0.2, 0.25) is 11.8 Å². The maximum Gasteiger partial charge on any atom is 0.255 e. The molecule has 3 N–H and O–H groups in total. The van der Waals surface area contributed by atoms with Gasteiger partial charge in [-0.25, -0.2) is 5.01 Å². The maximum absolute atomic E-state index is 12.5. The van der Waals surface area contributed by atoms with Crippen LogP contribution in [0, 0.1) is 0 Å². The Labute approximate surface area is 183 Å². The van der Waals surface area contributed by atoms with Crippen LogP contribution in [0.25, 0.3) is 0 Å². The number of rotatable bonds is 7. The van der Waals surface area contributed by atoms with Crippen molar-refractivity contribution in [2.75, 3.05) is 30.6 Å². The van der Waals surface area contributed by atoms with Crippen molar-refractivity contribution >= 4 is 46.6 Å². The fraction of sp³-hybridized carbons (Fsp3) is 0.238. The summed E-state index contributed by atoms with van der Waals surface area (Å²) in [6.45, 7) is 0.738. The van der Waals surface area contributed by atoms with Crippen LogP contribution in [0.2, 0.25) is 5.02 Å². The van der Waals surface area contributed by atoms with E-state index in [1.807, 2.05) is 0 Å². The van der Waals surface area contributed by atoms with Crippen LogP contribution in [0.15, 0.2) is 42.5 Å². The highest BCUT2D eigenvalue weighted by molar-refractivity contribution is 6.34. The lowest BCUT2D eigenvalue weighted by Gasteiger charge is -2.27. The van der Waals surface area contributed by atoms with E-state index in [0.29, 0.717) is 30.1 Å². The van der Waals surface area contributed by atoms with Crippen LogP contribution in [0.3, 0.4) is 0 Å². The molecule has 2 aromatic carbocycles. The lowest BCUT2D eigenvalue weighted by atomic mass is 10.1. The summed E-state index contributed by atoms with van der Waals surface area (Å²) in [5.41, 5.74) is 4.01. The fourth-order valence-corrected chi connectivity index (χ4v) is 3.15. The first-order valence-corrected chi connectivity index (χ1v) is 9.87. The minimum Gasteiger partial charge on any atom is -0.383 e. The summed E-state index contributed by atoms with van der Waals surface area (Å²) < 4.78 is 4.88. The molecular weight excluding hydrogens is 424 g/mol. The number of ether oxygens (including phenoxy) is 1. The molecule has 9 nitrogen and oxygen atoms in total. The van der Waals surface area contributed by atoms with Gasteiger partial charge in [0.15, 0.2) is 0 Å². The van der Waals surface area contributed by atoms with E-state index in [9.17, 15) is 19.2 Å². The molecule has 2 aromatic rings. The molecule has 0 atom stereocenters. The summed E-state index contributed by atoms with van der Waals surface area (Å²) in [5.74, 6) is -1.20. The van der Waals surface area contributed by atoms with E-state index in [0.717, 1.165) is 0 Å². The molecule has 0 aliphatic carbocycles.